The van der Waals surface area contributed by atoms with Gasteiger partial charge in [-0.05, 0) is 63.2 Å². The number of carbonyl (C=O) groups is 2. The van der Waals surface area contributed by atoms with Gasteiger partial charge in [0, 0.05) is 31.4 Å². The summed E-state index contributed by atoms with van der Waals surface area (Å²) in [4.78, 5) is 32.0. The highest BCUT2D eigenvalue weighted by Crippen LogP contribution is 2.35. The molecule has 2 saturated heterocycles. The average molecular weight is 552 g/mol. The van der Waals surface area contributed by atoms with Gasteiger partial charge in [-0.15, -0.1) is 11.3 Å². The fourth-order valence-corrected chi connectivity index (χ4v) is 5.41. The lowest BCUT2D eigenvalue weighted by Crippen LogP contribution is -2.37. The zero-order valence-corrected chi connectivity index (χ0v) is 22.6. The van der Waals surface area contributed by atoms with E-state index in [4.69, 9.17) is 10.00 Å². The van der Waals surface area contributed by atoms with Gasteiger partial charge in [0.15, 0.2) is 0 Å². The summed E-state index contributed by atoms with van der Waals surface area (Å²) < 4.78 is 19.5. The molecule has 204 valence electrons. The Bertz CT molecular complexity index is 1370. The lowest BCUT2D eigenvalue weighted by molar-refractivity contribution is 0.0946. The van der Waals surface area contributed by atoms with E-state index < -0.39 is 11.7 Å². The summed E-state index contributed by atoms with van der Waals surface area (Å²) in [5, 5.41) is 22.6. The van der Waals surface area contributed by atoms with Crippen LogP contribution in [0.4, 0.5) is 9.18 Å². The number of halogens is 1. The van der Waals surface area contributed by atoms with E-state index in [9.17, 15) is 19.1 Å². The Kier molecular flexibility index (Phi) is 9.11. The first-order valence-corrected chi connectivity index (χ1v) is 13.4. The number of nitrogens with zero attached hydrogens (tertiary/aromatic N) is 4. The van der Waals surface area contributed by atoms with E-state index in [1.165, 1.54) is 17.8 Å². The molecule has 11 heteroatoms. The fourth-order valence-electron chi connectivity index (χ4n) is 4.35. The van der Waals surface area contributed by atoms with Gasteiger partial charge in [0.25, 0.3) is 5.91 Å². The van der Waals surface area contributed by atoms with Crippen molar-refractivity contribution in [3.05, 3.63) is 70.1 Å². The van der Waals surface area contributed by atoms with Crippen LogP contribution in [0.5, 0.6) is 5.75 Å². The molecule has 0 bridgehead atoms. The number of piperidine rings is 1. The van der Waals surface area contributed by atoms with Crippen molar-refractivity contribution in [2.75, 3.05) is 27.2 Å². The zero-order chi connectivity index (χ0) is 27.9. The lowest BCUT2D eigenvalue weighted by Gasteiger charge is -2.25. The van der Waals surface area contributed by atoms with E-state index in [-0.39, 0.29) is 24.0 Å². The van der Waals surface area contributed by atoms with Crippen molar-refractivity contribution in [3.8, 4) is 22.3 Å². The van der Waals surface area contributed by atoms with Gasteiger partial charge >= 0.3 is 6.09 Å². The van der Waals surface area contributed by atoms with Gasteiger partial charge in [0.05, 0.1) is 28.1 Å². The van der Waals surface area contributed by atoms with Crippen molar-refractivity contribution in [2.45, 2.75) is 38.4 Å². The Morgan fingerprint density at radius 2 is 2.08 bits per heavy atom. The molecular weight excluding hydrogens is 521 g/mol. The molecule has 2 fully saturated rings. The van der Waals surface area contributed by atoms with E-state index >= 15 is 0 Å². The Morgan fingerprint density at radius 3 is 2.77 bits per heavy atom. The van der Waals surface area contributed by atoms with Gasteiger partial charge in [-0.25, -0.2) is 14.2 Å². The maximum Gasteiger partial charge on any atom is 0.410 e. The third kappa shape index (κ3) is 7.10. The molecule has 3 heterocycles. The van der Waals surface area contributed by atoms with Crippen LogP contribution in [0.1, 0.15) is 45.8 Å². The van der Waals surface area contributed by atoms with Gasteiger partial charge in [0.1, 0.15) is 23.2 Å². The Labute approximate surface area is 230 Å². The number of fused-ring (bicyclic) bond motifs is 1. The third-order valence-electron chi connectivity index (χ3n) is 6.40. The van der Waals surface area contributed by atoms with Gasteiger partial charge in [0.2, 0.25) is 0 Å². The Balaban J connectivity index is 0.000000292. The highest BCUT2D eigenvalue weighted by atomic mass is 32.1. The second-order valence-electron chi connectivity index (χ2n) is 9.62. The smallest absolute Gasteiger partial charge is 0.410 e. The normalized spacial score (nSPS) is 16.1. The highest BCUT2D eigenvalue weighted by Gasteiger charge is 2.34. The van der Waals surface area contributed by atoms with Crippen molar-refractivity contribution >= 4 is 23.3 Å². The standard InChI is InChI=1S/C21H19FN4O2S.C7H11NO2/c1-26(2)12-20-24-11-19(29-20)16-7-17(22)15(8-18(16)27)21(28)25-10-14-5-3-13(9-23)4-6-14;9-7-8-4-2-1-3-6(8)5-10-7/h3-8,11,27H,10,12H2,1-2H3,(H,25,28);6H,1-5H2. The number of cyclic esters (lactones) is 1. The lowest BCUT2D eigenvalue weighted by atomic mass is 10.0. The molecule has 3 aromatic rings. The summed E-state index contributed by atoms with van der Waals surface area (Å²) >= 11 is 1.36. The number of amides is 2. The summed E-state index contributed by atoms with van der Waals surface area (Å²) in [7, 11) is 3.84. The van der Waals surface area contributed by atoms with E-state index in [1.54, 1.807) is 30.5 Å². The van der Waals surface area contributed by atoms with Crippen molar-refractivity contribution in [2.24, 2.45) is 0 Å². The number of rotatable bonds is 6. The molecule has 0 spiro atoms. The topological polar surface area (TPSA) is 119 Å². The Morgan fingerprint density at radius 1 is 1.31 bits per heavy atom. The maximum absolute atomic E-state index is 14.6. The summed E-state index contributed by atoms with van der Waals surface area (Å²) in [6, 6.07) is 11.4. The monoisotopic (exact) mass is 551 g/mol. The van der Waals surface area contributed by atoms with Crippen LogP contribution in [-0.4, -0.2) is 65.2 Å². The van der Waals surface area contributed by atoms with E-state index in [0.717, 1.165) is 42.1 Å². The minimum absolute atomic E-state index is 0.107. The molecule has 2 aliphatic heterocycles. The van der Waals surface area contributed by atoms with Crippen LogP contribution in [0.15, 0.2) is 42.6 Å². The molecule has 0 radical (unpaired) electrons. The van der Waals surface area contributed by atoms with Crippen LogP contribution >= 0.6 is 11.3 Å². The molecule has 2 aliphatic rings. The van der Waals surface area contributed by atoms with Crippen molar-refractivity contribution in [1.29, 1.82) is 5.26 Å². The van der Waals surface area contributed by atoms with E-state index in [0.29, 0.717) is 35.2 Å². The summed E-state index contributed by atoms with van der Waals surface area (Å²) in [6.45, 7) is 2.35. The molecule has 5 rings (SSSR count). The van der Waals surface area contributed by atoms with Crippen molar-refractivity contribution < 1.29 is 23.8 Å². The minimum atomic E-state index is -0.724. The summed E-state index contributed by atoms with van der Waals surface area (Å²) in [5.74, 6) is -1.54. The molecule has 39 heavy (non-hydrogen) atoms. The van der Waals surface area contributed by atoms with Crippen LogP contribution in [-0.2, 0) is 17.8 Å². The van der Waals surface area contributed by atoms with Crippen molar-refractivity contribution in [1.82, 2.24) is 20.1 Å². The quantitative estimate of drug-likeness (QED) is 0.463. The predicted octanol–water partition coefficient (Wildman–Crippen LogP) is 4.51. The highest BCUT2D eigenvalue weighted by molar-refractivity contribution is 7.15. The van der Waals surface area contributed by atoms with Crippen LogP contribution < -0.4 is 5.32 Å². The first-order valence-electron chi connectivity index (χ1n) is 12.6. The molecule has 9 nitrogen and oxygen atoms in total. The molecule has 2 amide bonds. The number of hydrogen-bond donors (Lipinski definition) is 2. The summed E-state index contributed by atoms with van der Waals surface area (Å²) in [5.41, 5.74) is 1.35. The first-order chi connectivity index (χ1) is 18.7. The molecule has 2 aromatic carbocycles. The molecule has 2 N–H and O–H groups in total. The number of ether oxygens (including phenoxy) is 1. The SMILES string of the molecule is CN(C)Cc1ncc(-c2cc(F)c(C(=O)NCc3ccc(C#N)cc3)cc2O)s1.O=C1OCC2CCCCN12. The number of nitriles is 1. The number of nitrogens with one attached hydrogen (secondary N) is 1. The van der Waals surface area contributed by atoms with Gasteiger partial charge in [-0.3, -0.25) is 4.79 Å². The number of benzene rings is 2. The fraction of sp³-hybridized carbons (Fsp3) is 0.357. The van der Waals surface area contributed by atoms with Crippen molar-refractivity contribution in [3.63, 3.8) is 0 Å². The average Bonchev–Trinajstić information content (AvgIpc) is 3.55. The van der Waals surface area contributed by atoms with Gasteiger partial charge in [-0.1, -0.05) is 12.1 Å². The predicted molar refractivity (Wildman–Crippen MR) is 145 cm³/mol. The van der Waals surface area contributed by atoms with Crippen LogP contribution in [0, 0.1) is 17.1 Å². The number of aromatic nitrogens is 1. The number of carbonyl (C=O) groups excluding carboxylic acids is 2. The van der Waals surface area contributed by atoms with E-state index in [1.807, 2.05) is 30.0 Å². The molecular formula is C28H30FN5O4S. The molecule has 1 unspecified atom stereocenters. The van der Waals surface area contributed by atoms with Crippen LogP contribution in [0.25, 0.3) is 10.4 Å². The van der Waals surface area contributed by atoms with Crippen LogP contribution in [0.3, 0.4) is 0 Å². The zero-order valence-electron chi connectivity index (χ0n) is 21.8. The first kappa shape index (κ1) is 28.0. The van der Waals surface area contributed by atoms with Crippen LogP contribution in [0.2, 0.25) is 0 Å². The van der Waals surface area contributed by atoms with E-state index in [2.05, 4.69) is 10.3 Å². The van der Waals surface area contributed by atoms with Gasteiger partial charge in [-0.2, -0.15) is 5.26 Å². The maximum atomic E-state index is 14.6. The number of hydrogen-bond acceptors (Lipinski definition) is 8. The second kappa shape index (κ2) is 12.7. The molecule has 1 atom stereocenters. The number of phenolic OH excluding ortho intramolecular Hbond substituents is 1. The Hall–Kier alpha value is -4.01. The number of aromatic hydroxyl groups is 1. The largest absolute Gasteiger partial charge is 0.507 e. The summed E-state index contributed by atoms with van der Waals surface area (Å²) in [6.07, 6.45) is 5.00. The minimum Gasteiger partial charge on any atom is -0.507 e. The molecule has 0 saturated carbocycles. The van der Waals surface area contributed by atoms with Gasteiger partial charge < -0.3 is 25.0 Å². The molecule has 1 aromatic heterocycles. The molecule has 0 aliphatic carbocycles. The second-order valence-corrected chi connectivity index (χ2v) is 10.7. The number of phenols is 1. The number of thiazole rings is 1. The third-order valence-corrected chi connectivity index (χ3v) is 7.41.